The summed E-state index contributed by atoms with van der Waals surface area (Å²) in [5.74, 6) is -0.554. The first-order chi connectivity index (χ1) is 25.1. The smallest absolute Gasteiger partial charge is 0.302 e. The molecule has 19 heteroatoms. The van der Waals surface area contributed by atoms with Crippen molar-refractivity contribution in [3.05, 3.63) is 12.8 Å². The lowest BCUT2D eigenvalue weighted by atomic mass is 9.89. The monoisotopic (exact) mass is 897 g/mol. The van der Waals surface area contributed by atoms with E-state index in [0.29, 0.717) is 0 Å². The summed E-state index contributed by atoms with van der Waals surface area (Å²) >= 11 is 0. The molecule has 328 valence electrons. The Labute approximate surface area is 345 Å². The molecule has 13 nitrogen and oxygen atoms in total. The average molecular weight is 899 g/mol. The van der Waals surface area contributed by atoms with Crippen LogP contribution in [0.5, 0.6) is 0 Å². The fourth-order valence-corrected chi connectivity index (χ4v) is 12.7. The second-order valence-corrected chi connectivity index (χ2v) is 47.8. The highest BCUT2D eigenvalue weighted by atomic mass is 28.4. The third kappa shape index (κ3) is 18.1. The van der Waals surface area contributed by atoms with E-state index in [1.807, 2.05) is 0 Å². The van der Waals surface area contributed by atoms with Crippen molar-refractivity contribution in [3.63, 3.8) is 0 Å². The van der Waals surface area contributed by atoms with Crippen LogP contribution in [0.4, 0.5) is 0 Å². The fraction of sp³-hybridized carbons (Fsp3) is 0.892. The number of nitrogens with one attached hydrogen (secondary N) is 1. The van der Waals surface area contributed by atoms with Crippen molar-refractivity contribution < 1.29 is 55.1 Å². The molecule has 1 N–H and O–H groups in total. The second-order valence-electron chi connectivity index (χ2n) is 20.9. The van der Waals surface area contributed by atoms with Gasteiger partial charge >= 0.3 is 5.97 Å². The van der Waals surface area contributed by atoms with Crippen LogP contribution in [0.2, 0.25) is 118 Å². The normalized spacial score (nSPS) is 30.4. The van der Waals surface area contributed by atoms with Gasteiger partial charge in [0.05, 0.1) is 6.61 Å². The van der Waals surface area contributed by atoms with Crippen molar-refractivity contribution >= 4 is 61.7 Å². The van der Waals surface area contributed by atoms with Gasteiger partial charge in [-0.15, -0.1) is 0 Å². The summed E-state index contributed by atoms with van der Waals surface area (Å²) in [5, 5.41) is 3.16. The van der Waals surface area contributed by atoms with Crippen LogP contribution >= 0.6 is 0 Å². The number of ether oxygens (including phenoxy) is 4. The minimum Gasteiger partial charge on any atom is -0.463 e. The zero-order chi connectivity index (χ0) is 43.4. The van der Waals surface area contributed by atoms with Crippen molar-refractivity contribution in [2.45, 2.75) is 199 Å². The number of esters is 1. The third-order valence-corrected chi connectivity index (χ3v) is 14.1. The zero-order valence-electron chi connectivity index (χ0n) is 38.4. The molecule has 2 aliphatic rings. The summed E-state index contributed by atoms with van der Waals surface area (Å²) in [6.07, 6.45) is -5.89. The number of hydrogen-bond donors (Lipinski definition) is 1. The summed E-state index contributed by atoms with van der Waals surface area (Å²) in [7, 11) is -13.6. The number of carbonyl (C=O) groups is 2. The van der Waals surface area contributed by atoms with Crippen LogP contribution in [0.1, 0.15) is 13.8 Å². The summed E-state index contributed by atoms with van der Waals surface area (Å²) in [4.78, 5) is 25.6. The van der Waals surface area contributed by atoms with Gasteiger partial charge in [-0.1, -0.05) is 6.58 Å². The van der Waals surface area contributed by atoms with E-state index in [-0.39, 0.29) is 19.0 Å². The lowest BCUT2D eigenvalue weighted by Crippen LogP contribution is -2.71. The second kappa shape index (κ2) is 20.0. The highest BCUT2D eigenvalue weighted by molar-refractivity contribution is 6.71. The van der Waals surface area contributed by atoms with Gasteiger partial charge in [0.2, 0.25) is 0 Å². The van der Waals surface area contributed by atoms with E-state index in [2.05, 4.69) is 130 Å². The predicted molar refractivity (Wildman–Crippen MR) is 237 cm³/mol. The Balaban J connectivity index is 2.97. The van der Waals surface area contributed by atoms with Crippen LogP contribution in [-0.2, 0) is 55.1 Å². The topological polar surface area (TPSA) is 138 Å². The minimum atomic E-state index is -2.36. The van der Waals surface area contributed by atoms with Gasteiger partial charge in [-0.3, -0.25) is 9.59 Å². The molecule has 11 atom stereocenters. The highest BCUT2D eigenvalue weighted by Gasteiger charge is 2.58. The summed E-state index contributed by atoms with van der Waals surface area (Å²) in [5.41, 5.74) is 0. The molecule has 0 aromatic carbocycles. The molecular formula is C37H79NO12Si6. The van der Waals surface area contributed by atoms with Crippen LogP contribution in [0.15, 0.2) is 12.8 Å². The quantitative estimate of drug-likeness (QED) is 0.0930. The Morgan fingerprint density at radius 3 is 1.39 bits per heavy atom. The fourth-order valence-electron chi connectivity index (χ4n) is 6.60. The van der Waals surface area contributed by atoms with Crippen LogP contribution in [0.3, 0.4) is 0 Å². The Morgan fingerprint density at radius 1 is 0.571 bits per heavy atom. The van der Waals surface area contributed by atoms with E-state index < -0.39 is 123 Å². The van der Waals surface area contributed by atoms with Crippen LogP contribution < -0.4 is 5.32 Å². The predicted octanol–water partition coefficient (Wildman–Crippen LogP) is 7.07. The van der Waals surface area contributed by atoms with Crippen molar-refractivity contribution in [2.75, 3.05) is 13.2 Å². The maximum absolute atomic E-state index is 13.3. The molecule has 0 saturated carbocycles. The van der Waals surface area contributed by atoms with E-state index >= 15 is 0 Å². The van der Waals surface area contributed by atoms with Crippen LogP contribution in [0.25, 0.3) is 0 Å². The first-order valence-corrected chi connectivity index (χ1v) is 40.5. The molecule has 2 aliphatic heterocycles. The lowest BCUT2D eigenvalue weighted by Gasteiger charge is -2.54. The number of ketones is 1. The SMILES string of the molecule is C=CNC(C(C)=O)[C@H]1OC(CO[Si](C)(C)C)[C@H](O[C@H]2OC(COC(C)=O)[C@H](O[Si](C)(C)C)C(O[Si](C)(C)C)[C@H]2O[Si](C)(C)C)C(O[Si](C)(C)C)C1O[Si](C)(C)C. The van der Waals surface area contributed by atoms with Gasteiger partial charge in [-0.05, 0) is 131 Å². The molecule has 0 aromatic rings. The molecule has 2 saturated heterocycles. The number of carbonyl (C=O) groups excluding carboxylic acids is 2. The van der Waals surface area contributed by atoms with Gasteiger partial charge in [0.15, 0.2) is 62.0 Å². The molecule has 6 unspecified atom stereocenters. The maximum Gasteiger partial charge on any atom is 0.302 e. The highest BCUT2D eigenvalue weighted by Crippen LogP contribution is 2.39. The number of hydrogen-bond acceptors (Lipinski definition) is 13. The summed E-state index contributed by atoms with van der Waals surface area (Å²) in [6, 6.07) is -0.770. The Bertz CT molecular complexity index is 1290. The number of Topliss-reactive ketones (excluding diaryl/α,β-unsaturated/α-hetero) is 1. The molecule has 0 spiro atoms. The van der Waals surface area contributed by atoms with Crippen LogP contribution in [-0.4, -0.2) is 142 Å². The van der Waals surface area contributed by atoms with Gasteiger partial charge in [0, 0.05) is 6.92 Å². The van der Waals surface area contributed by atoms with Gasteiger partial charge in [0.25, 0.3) is 0 Å². The Kier molecular flexibility index (Phi) is 18.5. The molecule has 2 fully saturated rings. The minimum absolute atomic E-state index is 0.0648. The molecule has 56 heavy (non-hydrogen) atoms. The van der Waals surface area contributed by atoms with Gasteiger partial charge in [-0.25, -0.2) is 0 Å². The molecule has 2 heterocycles. The van der Waals surface area contributed by atoms with Crippen molar-refractivity contribution in [1.82, 2.24) is 5.32 Å². The maximum atomic E-state index is 13.3. The zero-order valence-corrected chi connectivity index (χ0v) is 44.4. The molecule has 0 aromatic heterocycles. The van der Waals surface area contributed by atoms with Gasteiger partial charge < -0.3 is 50.8 Å². The van der Waals surface area contributed by atoms with E-state index in [4.69, 9.17) is 45.5 Å². The largest absolute Gasteiger partial charge is 0.463 e. The summed E-state index contributed by atoms with van der Waals surface area (Å²) in [6.45, 7) is 45.1. The Morgan fingerprint density at radius 2 is 0.982 bits per heavy atom. The molecular weight excluding hydrogens is 819 g/mol. The van der Waals surface area contributed by atoms with Gasteiger partial charge in [-0.2, -0.15) is 0 Å². The third-order valence-electron chi connectivity index (χ3n) is 8.20. The number of rotatable bonds is 21. The molecule has 0 radical (unpaired) electrons. The lowest BCUT2D eigenvalue weighted by molar-refractivity contribution is -0.334. The average Bonchev–Trinajstić information content (AvgIpc) is 2.95. The molecule has 0 bridgehead atoms. The van der Waals surface area contributed by atoms with Crippen molar-refractivity contribution in [3.8, 4) is 0 Å². The van der Waals surface area contributed by atoms with Crippen molar-refractivity contribution in [2.24, 2.45) is 0 Å². The summed E-state index contributed by atoms with van der Waals surface area (Å²) < 4.78 is 68.7. The molecule has 0 aliphatic carbocycles. The van der Waals surface area contributed by atoms with Crippen molar-refractivity contribution in [1.29, 1.82) is 0 Å². The van der Waals surface area contributed by atoms with E-state index in [1.165, 1.54) is 20.0 Å². The Hall–Kier alpha value is -0.379. The first-order valence-electron chi connectivity index (χ1n) is 20.1. The standard InChI is InChI=1S/C37H79NO12Si6/c1-22-38-29(25(2)39)32-35(49-55(16,17)18)33(47-53(10,11)12)30(28(43-32)24-42-51(4,5)6)45-37-36(50-56(19,20)21)34(48-54(13,14)15)31(46-52(7,8)9)27(44-37)23-41-26(3)40/h22,27-38H,1,23-24H2,2-21H3/t27?,28?,29?,30-,31-,32+,33?,34?,35?,36+,37+/m0/s1. The molecule has 0 amide bonds. The first kappa shape index (κ1) is 51.8. The van der Waals surface area contributed by atoms with Gasteiger partial charge in [0.1, 0.15) is 67.6 Å². The van der Waals surface area contributed by atoms with E-state index in [9.17, 15) is 9.59 Å². The van der Waals surface area contributed by atoms with E-state index in [1.54, 1.807) is 0 Å². The molecule has 2 rings (SSSR count). The van der Waals surface area contributed by atoms with E-state index in [0.717, 1.165) is 0 Å². The van der Waals surface area contributed by atoms with Crippen LogP contribution in [0, 0.1) is 0 Å².